The lowest BCUT2D eigenvalue weighted by Crippen LogP contribution is -2.33. The summed E-state index contributed by atoms with van der Waals surface area (Å²) in [5.74, 6) is 0. The van der Waals surface area contributed by atoms with Gasteiger partial charge in [0.2, 0.25) is 10.0 Å². The molecule has 23 heavy (non-hydrogen) atoms. The monoisotopic (exact) mass is 356 g/mol. The maximum atomic E-state index is 12.9. The van der Waals surface area contributed by atoms with Crippen LogP contribution in [-0.2, 0) is 17.1 Å². The molecule has 1 heterocycles. The van der Waals surface area contributed by atoms with Gasteiger partial charge < -0.3 is 4.57 Å². The Morgan fingerprint density at radius 1 is 1.13 bits per heavy atom. The maximum Gasteiger partial charge on any atom is 0.307 e. The quantitative estimate of drug-likeness (QED) is 0.730. The summed E-state index contributed by atoms with van der Waals surface area (Å²) in [5, 5.41) is 0. The number of sulfonamides is 1. The van der Waals surface area contributed by atoms with Crippen molar-refractivity contribution in [2.75, 3.05) is 13.1 Å². The van der Waals surface area contributed by atoms with Gasteiger partial charge >= 0.3 is 4.87 Å². The zero-order valence-corrected chi connectivity index (χ0v) is 15.5. The van der Waals surface area contributed by atoms with Crippen molar-refractivity contribution in [3.63, 3.8) is 0 Å². The molecule has 0 aliphatic rings. The molecule has 0 saturated heterocycles. The van der Waals surface area contributed by atoms with Crippen molar-refractivity contribution >= 4 is 31.6 Å². The second-order valence-electron chi connectivity index (χ2n) is 5.67. The van der Waals surface area contributed by atoms with Crippen molar-refractivity contribution in [3.05, 3.63) is 27.9 Å². The lowest BCUT2D eigenvalue weighted by Gasteiger charge is -2.22. The molecule has 0 radical (unpaired) electrons. The fourth-order valence-electron chi connectivity index (χ4n) is 2.44. The summed E-state index contributed by atoms with van der Waals surface area (Å²) in [6.07, 6.45) is 3.61. The van der Waals surface area contributed by atoms with Gasteiger partial charge in [-0.05, 0) is 31.0 Å². The van der Waals surface area contributed by atoms with E-state index in [2.05, 4.69) is 13.8 Å². The second kappa shape index (κ2) is 7.59. The highest BCUT2D eigenvalue weighted by molar-refractivity contribution is 7.89. The summed E-state index contributed by atoms with van der Waals surface area (Å²) in [6, 6.07) is 4.95. The molecule has 0 aliphatic heterocycles. The van der Waals surface area contributed by atoms with E-state index in [1.807, 2.05) is 0 Å². The predicted molar refractivity (Wildman–Crippen MR) is 95.6 cm³/mol. The summed E-state index contributed by atoms with van der Waals surface area (Å²) < 4.78 is 29.7. The van der Waals surface area contributed by atoms with E-state index in [9.17, 15) is 13.2 Å². The summed E-state index contributed by atoms with van der Waals surface area (Å²) in [5.41, 5.74) is 0.771. The van der Waals surface area contributed by atoms with Crippen LogP contribution in [0.4, 0.5) is 0 Å². The van der Waals surface area contributed by atoms with E-state index in [1.54, 1.807) is 34.1 Å². The molecule has 2 aromatic rings. The largest absolute Gasteiger partial charge is 0.307 e. The lowest BCUT2D eigenvalue weighted by molar-refractivity contribution is 0.395. The Kier molecular flexibility index (Phi) is 6.00. The van der Waals surface area contributed by atoms with Gasteiger partial charge in [-0.1, -0.05) is 38.0 Å². The van der Waals surface area contributed by atoms with Gasteiger partial charge in [0.15, 0.2) is 0 Å². The molecule has 0 atom stereocenters. The SMILES string of the molecule is CCCCN(CCCC)S(=O)(=O)c1ccc2c(c1)sc(=O)n2C. The van der Waals surface area contributed by atoms with E-state index in [1.165, 1.54) is 0 Å². The molecule has 0 spiro atoms. The molecular weight excluding hydrogens is 332 g/mol. The van der Waals surface area contributed by atoms with Crippen LogP contribution in [0.2, 0.25) is 0 Å². The average Bonchev–Trinajstić information content (AvgIpc) is 2.81. The zero-order chi connectivity index (χ0) is 17.0. The lowest BCUT2D eigenvalue weighted by atomic mass is 10.3. The smallest absolute Gasteiger partial charge is 0.302 e. The van der Waals surface area contributed by atoms with Gasteiger partial charge in [0.25, 0.3) is 0 Å². The van der Waals surface area contributed by atoms with E-state index in [0.29, 0.717) is 17.8 Å². The van der Waals surface area contributed by atoms with Crippen LogP contribution in [0.3, 0.4) is 0 Å². The van der Waals surface area contributed by atoms with Gasteiger partial charge in [0.05, 0.1) is 15.1 Å². The number of rotatable bonds is 8. The highest BCUT2D eigenvalue weighted by Crippen LogP contribution is 2.24. The Balaban J connectivity index is 2.40. The number of hydrogen-bond donors (Lipinski definition) is 0. The molecule has 128 valence electrons. The van der Waals surface area contributed by atoms with Crippen molar-refractivity contribution in [2.24, 2.45) is 7.05 Å². The van der Waals surface area contributed by atoms with Gasteiger partial charge in [-0.2, -0.15) is 4.31 Å². The highest BCUT2D eigenvalue weighted by Gasteiger charge is 2.24. The first-order chi connectivity index (χ1) is 10.9. The Bertz CT molecular complexity index is 813. The van der Waals surface area contributed by atoms with Gasteiger partial charge in [0, 0.05) is 20.1 Å². The predicted octanol–water partition coefficient (Wildman–Crippen LogP) is 3.19. The van der Waals surface area contributed by atoms with Crippen LogP contribution in [0.25, 0.3) is 10.2 Å². The summed E-state index contributed by atoms with van der Waals surface area (Å²) >= 11 is 1.08. The van der Waals surface area contributed by atoms with Crippen molar-refractivity contribution in [2.45, 2.75) is 44.4 Å². The van der Waals surface area contributed by atoms with Gasteiger partial charge in [-0.25, -0.2) is 8.42 Å². The number of unbranched alkanes of at least 4 members (excludes halogenated alkanes) is 2. The van der Waals surface area contributed by atoms with Crippen LogP contribution in [-0.4, -0.2) is 30.4 Å². The van der Waals surface area contributed by atoms with Crippen molar-refractivity contribution in [1.29, 1.82) is 0 Å². The Morgan fingerprint density at radius 2 is 1.74 bits per heavy atom. The van der Waals surface area contributed by atoms with E-state index in [0.717, 1.165) is 42.5 Å². The van der Waals surface area contributed by atoms with E-state index >= 15 is 0 Å². The minimum Gasteiger partial charge on any atom is -0.302 e. The van der Waals surface area contributed by atoms with Crippen molar-refractivity contribution < 1.29 is 8.42 Å². The minimum absolute atomic E-state index is 0.0802. The summed E-state index contributed by atoms with van der Waals surface area (Å²) in [4.78, 5) is 11.9. The first kappa shape index (κ1) is 18.2. The van der Waals surface area contributed by atoms with Crippen LogP contribution in [0, 0.1) is 0 Å². The van der Waals surface area contributed by atoms with Gasteiger partial charge in [0.1, 0.15) is 0 Å². The Morgan fingerprint density at radius 3 is 2.30 bits per heavy atom. The molecule has 0 fully saturated rings. The molecule has 0 amide bonds. The molecule has 5 nitrogen and oxygen atoms in total. The zero-order valence-electron chi connectivity index (χ0n) is 13.9. The molecule has 2 rings (SSSR count). The number of benzene rings is 1. The molecule has 0 bridgehead atoms. The third-order valence-electron chi connectivity index (χ3n) is 3.92. The fourth-order valence-corrected chi connectivity index (χ4v) is 4.98. The first-order valence-electron chi connectivity index (χ1n) is 8.01. The van der Waals surface area contributed by atoms with Crippen LogP contribution < -0.4 is 4.87 Å². The molecule has 0 unspecified atom stereocenters. The van der Waals surface area contributed by atoms with Crippen LogP contribution >= 0.6 is 11.3 Å². The number of aryl methyl sites for hydroxylation is 1. The Labute approximate surface area is 141 Å². The number of aromatic nitrogens is 1. The summed E-state index contributed by atoms with van der Waals surface area (Å²) in [6.45, 7) is 5.19. The highest BCUT2D eigenvalue weighted by atomic mass is 32.2. The number of thiazole rings is 1. The number of hydrogen-bond acceptors (Lipinski definition) is 4. The molecular formula is C16H24N2O3S2. The standard InChI is InChI=1S/C16H24N2O3S2/c1-4-6-10-18(11-7-5-2)23(20,21)13-8-9-14-15(12-13)22-16(19)17(14)3/h8-9,12H,4-7,10-11H2,1-3H3. The van der Waals surface area contributed by atoms with Crippen LogP contribution in [0.5, 0.6) is 0 Å². The third-order valence-corrected chi connectivity index (χ3v) is 6.81. The first-order valence-corrected chi connectivity index (χ1v) is 10.3. The Hall–Kier alpha value is -1.18. The van der Waals surface area contributed by atoms with Crippen LogP contribution in [0.15, 0.2) is 27.9 Å². The molecule has 0 saturated carbocycles. The van der Waals surface area contributed by atoms with Gasteiger partial charge in [-0.3, -0.25) is 4.79 Å². The molecule has 0 aliphatic carbocycles. The number of nitrogens with zero attached hydrogens (tertiary/aromatic N) is 2. The third kappa shape index (κ3) is 3.84. The average molecular weight is 357 g/mol. The van der Waals surface area contributed by atoms with Gasteiger partial charge in [-0.15, -0.1) is 0 Å². The van der Waals surface area contributed by atoms with Crippen molar-refractivity contribution in [3.8, 4) is 0 Å². The molecule has 1 aromatic carbocycles. The topological polar surface area (TPSA) is 59.4 Å². The molecule has 0 N–H and O–H groups in total. The fraction of sp³-hybridized carbons (Fsp3) is 0.562. The van der Waals surface area contributed by atoms with E-state index in [-0.39, 0.29) is 9.77 Å². The second-order valence-corrected chi connectivity index (χ2v) is 8.60. The number of fused-ring (bicyclic) bond motifs is 1. The van der Waals surface area contributed by atoms with Crippen LogP contribution in [0.1, 0.15) is 39.5 Å². The molecule has 7 heteroatoms. The molecule has 1 aromatic heterocycles. The van der Waals surface area contributed by atoms with E-state index < -0.39 is 10.0 Å². The minimum atomic E-state index is -3.51. The normalized spacial score (nSPS) is 12.3. The van der Waals surface area contributed by atoms with Crippen molar-refractivity contribution in [1.82, 2.24) is 8.87 Å². The maximum absolute atomic E-state index is 12.9. The summed E-state index contributed by atoms with van der Waals surface area (Å²) in [7, 11) is -1.81. The van der Waals surface area contributed by atoms with E-state index in [4.69, 9.17) is 0 Å².